The van der Waals surface area contributed by atoms with Gasteiger partial charge in [0.05, 0.1) is 11.0 Å². The minimum atomic E-state index is -0.466. The zero-order chi connectivity index (χ0) is 15.5. The van der Waals surface area contributed by atoms with Crippen LogP contribution < -0.4 is 10.6 Å². The van der Waals surface area contributed by atoms with Gasteiger partial charge in [-0.2, -0.15) is 0 Å². The van der Waals surface area contributed by atoms with E-state index in [9.17, 15) is 10.1 Å². The lowest BCUT2D eigenvalue weighted by Gasteiger charge is -2.21. The molecule has 21 heavy (non-hydrogen) atoms. The molecule has 8 heteroatoms. The molecule has 0 aromatic carbocycles. The van der Waals surface area contributed by atoms with Crippen LogP contribution in [-0.4, -0.2) is 39.7 Å². The average Bonchev–Trinajstić information content (AvgIpc) is 2.87. The molecule has 0 saturated carbocycles. The van der Waals surface area contributed by atoms with Gasteiger partial charge in [-0.3, -0.25) is 10.1 Å². The van der Waals surface area contributed by atoms with Crippen molar-refractivity contribution in [3.05, 3.63) is 16.4 Å². The first-order chi connectivity index (χ1) is 9.87. The molecule has 1 aliphatic rings. The van der Waals surface area contributed by atoms with Gasteiger partial charge in [0.2, 0.25) is 11.6 Å². The highest BCUT2D eigenvalue weighted by Gasteiger charge is 2.26. The van der Waals surface area contributed by atoms with Crippen LogP contribution in [0, 0.1) is 10.1 Å². The number of ether oxygens (including phenoxy) is 1. The Morgan fingerprint density at radius 1 is 1.43 bits per heavy atom. The third kappa shape index (κ3) is 4.25. The van der Waals surface area contributed by atoms with Crippen molar-refractivity contribution in [2.75, 3.05) is 23.8 Å². The molecule has 0 spiro atoms. The first kappa shape index (κ1) is 15.4. The van der Waals surface area contributed by atoms with Crippen molar-refractivity contribution in [2.45, 2.75) is 45.3 Å². The number of hydrogen-bond donors (Lipinski definition) is 2. The third-order valence-electron chi connectivity index (χ3n) is 3.02. The van der Waals surface area contributed by atoms with Gasteiger partial charge in [-0.15, -0.1) is 0 Å². The highest BCUT2D eigenvalue weighted by atomic mass is 16.6. The fraction of sp³-hybridized carbons (Fsp3) is 0.692. The average molecular weight is 295 g/mol. The fourth-order valence-corrected chi connectivity index (χ4v) is 2.14. The highest BCUT2D eigenvalue weighted by Crippen LogP contribution is 2.30. The quantitative estimate of drug-likeness (QED) is 0.634. The minimum Gasteiger partial charge on any atom is -0.376 e. The second-order valence-electron chi connectivity index (χ2n) is 6.07. The Morgan fingerprint density at radius 2 is 2.14 bits per heavy atom. The summed E-state index contributed by atoms with van der Waals surface area (Å²) in [4.78, 5) is 18.9. The summed E-state index contributed by atoms with van der Waals surface area (Å²) >= 11 is 0. The Kier molecular flexibility index (Phi) is 4.56. The molecular formula is C13H21N5O3. The van der Waals surface area contributed by atoms with E-state index in [1.807, 2.05) is 20.8 Å². The monoisotopic (exact) mass is 295 g/mol. The van der Waals surface area contributed by atoms with Gasteiger partial charge in [0, 0.05) is 18.7 Å². The lowest BCUT2D eigenvalue weighted by atomic mass is 10.1. The van der Waals surface area contributed by atoms with Crippen molar-refractivity contribution in [3.8, 4) is 0 Å². The molecule has 0 bridgehead atoms. The SMILES string of the molecule is CC(C)(C)Nc1ncnc(NCC2CCCO2)c1[N+](=O)[O-]. The molecule has 1 aliphatic heterocycles. The third-order valence-corrected chi connectivity index (χ3v) is 3.02. The maximum Gasteiger partial charge on any atom is 0.353 e. The van der Waals surface area contributed by atoms with Gasteiger partial charge in [0.25, 0.3) is 0 Å². The number of aromatic nitrogens is 2. The van der Waals surface area contributed by atoms with E-state index in [1.165, 1.54) is 6.33 Å². The predicted octanol–water partition coefficient (Wildman–Crippen LogP) is 2.19. The van der Waals surface area contributed by atoms with Gasteiger partial charge in [-0.1, -0.05) is 0 Å². The van der Waals surface area contributed by atoms with E-state index in [2.05, 4.69) is 20.6 Å². The number of anilines is 2. The van der Waals surface area contributed by atoms with E-state index >= 15 is 0 Å². The first-order valence-corrected chi connectivity index (χ1v) is 7.00. The molecule has 1 fully saturated rings. The Balaban J connectivity index is 2.19. The molecule has 0 amide bonds. The standard InChI is InChI=1S/C13H21N5O3/c1-13(2,3)17-12-10(18(19)20)11(15-8-16-12)14-7-9-5-4-6-21-9/h8-9H,4-7H2,1-3H3,(H2,14,15,16,17). The van der Waals surface area contributed by atoms with Gasteiger partial charge < -0.3 is 15.4 Å². The zero-order valence-corrected chi connectivity index (χ0v) is 12.5. The van der Waals surface area contributed by atoms with Crippen LogP contribution in [-0.2, 0) is 4.74 Å². The van der Waals surface area contributed by atoms with Crippen LogP contribution in [0.3, 0.4) is 0 Å². The maximum atomic E-state index is 11.3. The van der Waals surface area contributed by atoms with Gasteiger partial charge in [-0.05, 0) is 33.6 Å². The number of hydrogen-bond acceptors (Lipinski definition) is 7. The van der Waals surface area contributed by atoms with Crippen molar-refractivity contribution in [1.82, 2.24) is 9.97 Å². The molecule has 0 aliphatic carbocycles. The van der Waals surface area contributed by atoms with Crippen molar-refractivity contribution >= 4 is 17.3 Å². The van der Waals surface area contributed by atoms with Gasteiger partial charge >= 0.3 is 5.69 Å². The second kappa shape index (κ2) is 6.21. The summed E-state index contributed by atoms with van der Waals surface area (Å²) in [5.74, 6) is 0.439. The van der Waals surface area contributed by atoms with Gasteiger partial charge in [0.15, 0.2) is 0 Å². The molecule has 2 N–H and O–H groups in total. The Bertz CT molecular complexity index is 509. The van der Waals surface area contributed by atoms with Crippen LogP contribution in [0.4, 0.5) is 17.3 Å². The van der Waals surface area contributed by atoms with E-state index in [4.69, 9.17) is 4.74 Å². The molecule has 116 valence electrons. The Morgan fingerprint density at radius 3 is 2.71 bits per heavy atom. The highest BCUT2D eigenvalue weighted by molar-refractivity contribution is 5.69. The molecule has 1 unspecified atom stereocenters. The van der Waals surface area contributed by atoms with Crippen LogP contribution in [0.25, 0.3) is 0 Å². The molecule has 0 radical (unpaired) electrons. The number of nitro groups is 1. The number of nitrogens with zero attached hydrogens (tertiary/aromatic N) is 3. The van der Waals surface area contributed by atoms with E-state index in [1.54, 1.807) is 0 Å². The van der Waals surface area contributed by atoms with Crippen molar-refractivity contribution in [2.24, 2.45) is 0 Å². The number of nitrogens with one attached hydrogen (secondary N) is 2. The van der Waals surface area contributed by atoms with Crippen molar-refractivity contribution < 1.29 is 9.66 Å². The molecule has 1 aromatic rings. The molecular weight excluding hydrogens is 274 g/mol. The normalized spacial score (nSPS) is 18.5. The first-order valence-electron chi connectivity index (χ1n) is 7.00. The summed E-state index contributed by atoms with van der Waals surface area (Å²) in [5, 5.41) is 17.4. The molecule has 1 saturated heterocycles. The zero-order valence-electron chi connectivity index (χ0n) is 12.5. The summed E-state index contributed by atoms with van der Waals surface area (Å²) in [6.45, 7) is 7.00. The molecule has 2 heterocycles. The largest absolute Gasteiger partial charge is 0.376 e. The van der Waals surface area contributed by atoms with E-state index < -0.39 is 4.92 Å². The Hall–Kier alpha value is -1.96. The smallest absolute Gasteiger partial charge is 0.353 e. The van der Waals surface area contributed by atoms with Crippen LogP contribution in [0.1, 0.15) is 33.6 Å². The second-order valence-corrected chi connectivity index (χ2v) is 6.07. The summed E-state index contributed by atoms with van der Waals surface area (Å²) in [5.41, 5.74) is -0.462. The summed E-state index contributed by atoms with van der Waals surface area (Å²) in [6.07, 6.45) is 3.38. The minimum absolute atomic E-state index is 0.0820. The lowest BCUT2D eigenvalue weighted by molar-refractivity contribution is -0.383. The predicted molar refractivity (Wildman–Crippen MR) is 79.5 cm³/mol. The van der Waals surface area contributed by atoms with Crippen LogP contribution in [0.5, 0.6) is 0 Å². The lowest BCUT2D eigenvalue weighted by Crippen LogP contribution is -2.28. The van der Waals surface area contributed by atoms with E-state index in [-0.39, 0.29) is 29.0 Å². The van der Waals surface area contributed by atoms with Crippen LogP contribution in [0.2, 0.25) is 0 Å². The van der Waals surface area contributed by atoms with Gasteiger partial charge in [0.1, 0.15) is 6.33 Å². The molecule has 8 nitrogen and oxygen atoms in total. The van der Waals surface area contributed by atoms with Gasteiger partial charge in [-0.25, -0.2) is 9.97 Å². The molecule has 1 atom stereocenters. The van der Waals surface area contributed by atoms with E-state index in [0.29, 0.717) is 6.54 Å². The summed E-state index contributed by atoms with van der Waals surface area (Å²) in [6, 6.07) is 0. The van der Waals surface area contributed by atoms with Crippen LogP contribution >= 0.6 is 0 Å². The van der Waals surface area contributed by atoms with Crippen LogP contribution in [0.15, 0.2) is 6.33 Å². The Labute approximate surface area is 123 Å². The number of rotatable bonds is 5. The molecule has 1 aromatic heterocycles. The fourth-order valence-electron chi connectivity index (χ4n) is 2.14. The molecule has 2 rings (SSSR count). The van der Waals surface area contributed by atoms with E-state index in [0.717, 1.165) is 19.4 Å². The maximum absolute atomic E-state index is 11.3. The van der Waals surface area contributed by atoms with Crippen molar-refractivity contribution in [1.29, 1.82) is 0 Å². The topological polar surface area (TPSA) is 102 Å². The summed E-state index contributed by atoms with van der Waals surface area (Å²) in [7, 11) is 0. The van der Waals surface area contributed by atoms with Crippen molar-refractivity contribution in [3.63, 3.8) is 0 Å². The summed E-state index contributed by atoms with van der Waals surface area (Å²) < 4.78 is 5.49.